The summed E-state index contributed by atoms with van der Waals surface area (Å²) in [7, 11) is 0. The van der Waals surface area contributed by atoms with Gasteiger partial charge in [0.15, 0.2) is 6.29 Å². The second-order valence-electron chi connectivity index (χ2n) is 9.59. The summed E-state index contributed by atoms with van der Waals surface area (Å²) in [4.78, 5) is 24.8. The van der Waals surface area contributed by atoms with Gasteiger partial charge < -0.3 is 30.1 Å². The maximum atomic E-state index is 12.0. The highest BCUT2D eigenvalue weighted by atomic mass is 16.7. The Morgan fingerprint density at radius 1 is 1.03 bits per heavy atom. The van der Waals surface area contributed by atoms with E-state index in [2.05, 4.69) is 17.1 Å². The van der Waals surface area contributed by atoms with Crippen molar-refractivity contribution in [3.05, 3.63) is 65.2 Å². The van der Waals surface area contributed by atoms with Crippen LogP contribution in [0, 0.1) is 5.92 Å². The van der Waals surface area contributed by atoms with Crippen molar-refractivity contribution in [2.75, 3.05) is 25.0 Å². The third kappa shape index (κ3) is 6.68. The van der Waals surface area contributed by atoms with Gasteiger partial charge in [0, 0.05) is 43.2 Å². The van der Waals surface area contributed by atoms with Gasteiger partial charge in [-0.15, -0.1) is 0 Å². The van der Waals surface area contributed by atoms with Crippen LogP contribution >= 0.6 is 0 Å². The molecule has 0 aromatic heterocycles. The molecule has 2 saturated heterocycles. The molecule has 2 aliphatic rings. The van der Waals surface area contributed by atoms with Crippen molar-refractivity contribution in [1.82, 2.24) is 4.90 Å². The average Bonchev–Trinajstić information content (AvgIpc) is 3.29. The van der Waals surface area contributed by atoms with Crippen LogP contribution in [-0.4, -0.2) is 63.9 Å². The summed E-state index contributed by atoms with van der Waals surface area (Å²) in [5.74, 6) is -1.32. The summed E-state index contributed by atoms with van der Waals surface area (Å²) in [5.41, 5.74) is 3.20. The lowest BCUT2D eigenvalue weighted by molar-refractivity contribution is -0.276. The minimum absolute atomic E-state index is 0.0216. The maximum Gasteiger partial charge on any atom is 0.303 e. The first-order valence-corrected chi connectivity index (χ1v) is 12.3. The van der Waals surface area contributed by atoms with Crippen LogP contribution in [0.25, 0.3) is 0 Å². The zero-order chi connectivity index (χ0) is 25.7. The quantitative estimate of drug-likeness (QED) is 0.416. The van der Waals surface area contributed by atoms with E-state index < -0.39 is 12.3 Å². The van der Waals surface area contributed by atoms with Crippen molar-refractivity contribution in [3.63, 3.8) is 0 Å². The van der Waals surface area contributed by atoms with E-state index in [1.54, 1.807) is 12.1 Å². The minimum Gasteiger partial charge on any atom is -0.481 e. The molecule has 4 N–H and O–H groups in total. The largest absolute Gasteiger partial charge is 0.481 e. The number of hydrogen-bond donors (Lipinski definition) is 4. The number of β-amino-alcohol motifs (C(OH)–C–C–N with tert-alkyl or cyclic N) is 1. The molecule has 36 heavy (non-hydrogen) atoms. The fourth-order valence-electron chi connectivity index (χ4n) is 4.73. The number of amides is 1. The molecule has 5 unspecified atom stereocenters. The van der Waals surface area contributed by atoms with Crippen molar-refractivity contribution >= 4 is 17.6 Å². The average molecular weight is 499 g/mol. The zero-order valence-corrected chi connectivity index (χ0v) is 20.4. The molecule has 2 heterocycles. The summed E-state index contributed by atoms with van der Waals surface area (Å²) in [6, 6.07) is 14.9. The third-order valence-electron chi connectivity index (χ3n) is 6.84. The molecular formula is C27H34N2O7. The Balaban J connectivity index is 1.50. The van der Waals surface area contributed by atoms with Crippen LogP contribution in [0.5, 0.6) is 0 Å². The van der Waals surface area contributed by atoms with E-state index >= 15 is 0 Å². The number of aliphatic hydroxyl groups is 2. The standard InChI is InChI=1S/C27H34N2O7/c1-17-23(15-29-13-12-22(31)14-29)35-27(36-26(17)19-4-2-18(16-30)3-5-19)20-6-8-21(9-7-20)28-24(32)10-11-25(33)34/h2-9,17,22-23,26-27,30-31H,10-16H2,1H3,(H,28,32)(H,33,34). The van der Waals surface area contributed by atoms with Gasteiger partial charge in [0.2, 0.25) is 5.91 Å². The third-order valence-corrected chi connectivity index (χ3v) is 6.84. The van der Waals surface area contributed by atoms with Crippen molar-refractivity contribution in [2.24, 2.45) is 5.92 Å². The summed E-state index contributed by atoms with van der Waals surface area (Å²) in [6.07, 6.45) is -0.854. The number of carboxylic acids is 1. The van der Waals surface area contributed by atoms with Crippen molar-refractivity contribution in [2.45, 2.75) is 57.4 Å². The Morgan fingerprint density at radius 3 is 2.33 bits per heavy atom. The van der Waals surface area contributed by atoms with Gasteiger partial charge in [-0.25, -0.2) is 0 Å². The number of ether oxygens (including phenoxy) is 2. The second kappa shape index (κ2) is 11.9. The van der Waals surface area contributed by atoms with Crippen molar-refractivity contribution in [3.8, 4) is 0 Å². The molecule has 4 rings (SSSR count). The number of benzene rings is 2. The smallest absolute Gasteiger partial charge is 0.303 e. The number of likely N-dealkylation sites (tertiary alicyclic amines) is 1. The van der Waals surface area contributed by atoms with Crippen molar-refractivity contribution < 1.29 is 34.4 Å². The van der Waals surface area contributed by atoms with E-state index in [4.69, 9.17) is 14.6 Å². The van der Waals surface area contributed by atoms with E-state index in [9.17, 15) is 19.8 Å². The highest BCUT2D eigenvalue weighted by molar-refractivity contribution is 5.92. The first-order chi connectivity index (χ1) is 17.3. The summed E-state index contributed by atoms with van der Waals surface area (Å²) in [6.45, 7) is 4.22. The number of carboxylic acid groups (broad SMARTS) is 1. The number of anilines is 1. The topological polar surface area (TPSA) is 129 Å². The Kier molecular flexibility index (Phi) is 8.71. The number of aliphatic hydroxyl groups excluding tert-OH is 2. The Labute approximate surface area is 210 Å². The van der Waals surface area contributed by atoms with E-state index in [1.807, 2.05) is 36.4 Å². The number of rotatable bonds is 9. The fraction of sp³-hybridized carbons (Fsp3) is 0.481. The van der Waals surface area contributed by atoms with E-state index in [1.165, 1.54) is 0 Å². The van der Waals surface area contributed by atoms with Gasteiger partial charge in [0.25, 0.3) is 0 Å². The molecule has 0 spiro atoms. The van der Waals surface area contributed by atoms with E-state index in [0.29, 0.717) is 18.8 Å². The number of aliphatic carboxylic acids is 1. The lowest BCUT2D eigenvalue weighted by Gasteiger charge is -2.42. The first-order valence-electron chi connectivity index (χ1n) is 12.3. The van der Waals surface area contributed by atoms with E-state index in [0.717, 1.165) is 29.7 Å². The molecule has 0 bridgehead atoms. The molecule has 9 nitrogen and oxygen atoms in total. The number of nitrogens with zero attached hydrogens (tertiary/aromatic N) is 1. The van der Waals surface area contributed by atoms with Crippen LogP contribution in [0.2, 0.25) is 0 Å². The summed E-state index contributed by atoms with van der Waals surface area (Å²) < 4.78 is 12.9. The molecule has 2 aromatic rings. The van der Waals surface area contributed by atoms with Gasteiger partial charge in [-0.2, -0.15) is 0 Å². The molecule has 0 radical (unpaired) electrons. The van der Waals surface area contributed by atoms with Crippen LogP contribution in [0.15, 0.2) is 48.5 Å². The predicted octanol–water partition coefficient (Wildman–Crippen LogP) is 2.84. The Hall–Kier alpha value is -2.82. The lowest BCUT2D eigenvalue weighted by atomic mass is 9.90. The zero-order valence-electron chi connectivity index (χ0n) is 20.4. The Bertz CT molecular complexity index is 1030. The highest BCUT2D eigenvalue weighted by Gasteiger charge is 2.39. The number of nitrogens with one attached hydrogen (secondary N) is 1. The molecule has 1 amide bonds. The second-order valence-corrected chi connectivity index (χ2v) is 9.59. The van der Waals surface area contributed by atoms with Crippen molar-refractivity contribution in [1.29, 1.82) is 0 Å². The molecule has 2 aliphatic heterocycles. The molecule has 9 heteroatoms. The summed E-state index contributed by atoms with van der Waals surface area (Å²) in [5, 5.41) is 30.8. The normalized spacial score (nSPS) is 26.6. The number of hydrogen-bond acceptors (Lipinski definition) is 7. The first kappa shape index (κ1) is 26.2. The van der Waals surface area contributed by atoms with Crippen LogP contribution in [0.1, 0.15) is 55.3 Å². The molecule has 5 atom stereocenters. The van der Waals surface area contributed by atoms with Gasteiger partial charge in [0.05, 0.1) is 31.3 Å². The number of carbonyl (C=O) groups excluding carboxylic acids is 1. The number of carbonyl (C=O) groups is 2. The van der Waals surface area contributed by atoms with Crippen LogP contribution in [0.3, 0.4) is 0 Å². The lowest BCUT2D eigenvalue weighted by Crippen LogP contribution is -2.44. The molecule has 0 aliphatic carbocycles. The monoisotopic (exact) mass is 498 g/mol. The van der Waals surface area contributed by atoms with Gasteiger partial charge in [0.1, 0.15) is 0 Å². The van der Waals surface area contributed by atoms with Crippen LogP contribution in [-0.2, 0) is 25.7 Å². The Morgan fingerprint density at radius 2 is 1.72 bits per heavy atom. The minimum atomic E-state index is -1.01. The van der Waals surface area contributed by atoms with E-state index in [-0.39, 0.29) is 49.6 Å². The molecular weight excluding hydrogens is 464 g/mol. The molecule has 2 fully saturated rings. The molecule has 2 aromatic carbocycles. The highest BCUT2D eigenvalue weighted by Crippen LogP contribution is 2.42. The van der Waals surface area contributed by atoms with Gasteiger partial charge in [-0.05, 0) is 29.7 Å². The van der Waals surface area contributed by atoms with Gasteiger partial charge in [-0.1, -0.05) is 43.3 Å². The maximum absolute atomic E-state index is 12.0. The summed E-state index contributed by atoms with van der Waals surface area (Å²) >= 11 is 0. The van der Waals surface area contributed by atoms with Gasteiger partial charge in [-0.3, -0.25) is 14.5 Å². The molecule has 0 saturated carbocycles. The fourth-order valence-corrected chi connectivity index (χ4v) is 4.73. The van der Waals surface area contributed by atoms with Crippen LogP contribution < -0.4 is 5.32 Å². The molecule has 194 valence electrons. The van der Waals surface area contributed by atoms with Gasteiger partial charge >= 0.3 is 5.97 Å². The SMILES string of the molecule is CC1C(CN2CCC(O)C2)OC(c2ccc(NC(=O)CCC(=O)O)cc2)OC1c1ccc(CO)cc1. The van der Waals surface area contributed by atoms with Crippen LogP contribution in [0.4, 0.5) is 5.69 Å². The predicted molar refractivity (Wildman–Crippen MR) is 132 cm³/mol.